The summed E-state index contributed by atoms with van der Waals surface area (Å²) in [5.74, 6) is -0.373. The fourth-order valence-electron chi connectivity index (χ4n) is 3.97. The molecule has 0 radical (unpaired) electrons. The molecule has 1 aliphatic heterocycles. The zero-order chi connectivity index (χ0) is 24.9. The average molecular weight is 517 g/mol. The summed E-state index contributed by atoms with van der Waals surface area (Å²) >= 11 is 0. The van der Waals surface area contributed by atoms with E-state index in [1.165, 1.54) is 28.9 Å². The van der Waals surface area contributed by atoms with Crippen LogP contribution in [0.2, 0.25) is 0 Å². The van der Waals surface area contributed by atoms with Gasteiger partial charge in [-0.05, 0) is 36.8 Å². The Morgan fingerprint density at radius 1 is 1.21 bits per heavy atom. The van der Waals surface area contributed by atoms with Gasteiger partial charge in [-0.2, -0.15) is 8.78 Å². The number of aliphatic hydroxyl groups is 1. The van der Waals surface area contributed by atoms with Crippen molar-refractivity contribution in [3.63, 3.8) is 0 Å². The highest BCUT2D eigenvalue weighted by Crippen LogP contribution is 2.32. The van der Waals surface area contributed by atoms with E-state index in [9.17, 15) is 30.7 Å². The standard InChI is InChI=1S/C20H22F2N4O6S2/c1-20(10-34(30,31)11-20)23-18(27)12-6-7-16-15(8-12)17(25-33(2,28)29)24-26(16)13-4-3-5-14(9-13)32-19(21)22/h3-9,18-19,23,27H,10-11H2,1-2H3,(H,24,25). The molecule has 0 saturated carbocycles. The first kappa shape index (κ1) is 24.3. The number of sulfone groups is 1. The van der Waals surface area contributed by atoms with Crippen LogP contribution in [0.15, 0.2) is 42.5 Å². The molecule has 2 heterocycles. The Morgan fingerprint density at radius 2 is 1.91 bits per heavy atom. The van der Waals surface area contributed by atoms with Crippen molar-refractivity contribution in [1.29, 1.82) is 0 Å². The van der Waals surface area contributed by atoms with Gasteiger partial charge in [0.25, 0.3) is 0 Å². The molecule has 0 spiro atoms. The van der Waals surface area contributed by atoms with Crippen LogP contribution in [0.1, 0.15) is 18.7 Å². The maximum Gasteiger partial charge on any atom is 0.387 e. The molecular weight excluding hydrogens is 494 g/mol. The van der Waals surface area contributed by atoms with Crippen LogP contribution in [-0.4, -0.2) is 61.6 Å². The topological polar surface area (TPSA) is 140 Å². The molecule has 14 heteroatoms. The Morgan fingerprint density at radius 3 is 2.53 bits per heavy atom. The normalized spacial score (nSPS) is 17.9. The number of nitrogens with one attached hydrogen (secondary N) is 2. The van der Waals surface area contributed by atoms with Gasteiger partial charge in [-0.15, -0.1) is 5.10 Å². The number of nitrogens with zero attached hydrogens (tertiary/aromatic N) is 2. The summed E-state index contributed by atoms with van der Waals surface area (Å²) in [5.41, 5.74) is 0.317. The van der Waals surface area contributed by atoms with Gasteiger partial charge < -0.3 is 9.84 Å². The highest BCUT2D eigenvalue weighted by atomic mass is 32.2. The molecule has 34 heavy (non-hydrogen) atoms. The molecule has 1 fully saturated rings. The molecule has 0 amide bonds. The third-order valence-corrected chi connectivity index (χ3v) is 7.87. The zero-order valence-corrected chi connectivity index (χ0v) is 19.7. The van der Waals surface area contributed by atoms with E-state index in [4.69, 9.17) is 0 Å². The SMILES string of the molecule is CC1(NC(O)c2ccc3c(c2)c(NS(C)(=O)=O)nn3-c2cccc(OC(F)F)c2)CS(=O)(=O)C1. The number of anilines is 1. The van der Waals surface area contributed by atoms with E-state index in [0.717, 1.165) is 6.26 Å². The van der Waals surface area contributed by atoms with Gasteiger partial charge in [0.2, 0.25) is 10.0 Å². The highest BCUT2D eigenvalue weighted by molar-refractivity contribution is 7.93. The minimum Gasteiger partial charge on any atom is -0.435 e. The third-order valence-electron chi connectivity index (χ3n) is 5.15. The van der Waals surface area contributed by atoms with Gasteiger partial charge >= 0.3 is 6.61 Å². The molecule has 1 saturated heterocycles. The number of rotatable bonds is 8. The second kappa shape index (κ2) is 8.45. The molecular formula is C20H22F2N4O6S2. The molecule has 10 nitrogen and oxygen atoms in total. The minimum absolute atomic E-state index is 0.0378. The van der Waals surface area contributed by atoms with Crippen LogP contribution in [0.5, 0.6) is 5.75 Å². The molecule has 1 atom stereocenters. The average Bonchev–Trinajstić information content (AvgIpc) is 3.02. The van der Waals surface area contributed by atoms with Gasteiger partial charge in [0.05, 0.1) is 29.0 Å². The number of halogens is 2. The lowest BCUT2D eigenvalue weighted by atomic mass is 10.0. The van der Waals surface area contributed by atoms with Crippen LogP contribution in [-0.2, 0) is 19.9 Å². The van der Waals surface area contributed by atoms with Crippen molar-refractivity contribution in [2.75, 3.05) is 22.5 Å². The van der Waals surface area contributed by atoms with Crippen molar-refractivity contribution in [3.05, 3.63) is 48.0 Å². The molecule has 1 aliphatic rings. The highest BCUT2D eigenvalue weighted by Gasteiger charge is 2.45. The summed E-state index contributed by atoms with van der Waals surface area (Å²) in [5, 5.41) is 18.2. The number of sulfonamides is 1. The van der Waals surface area contributed by atoms with E-state index >= 15 is 0 Å². The first-order valence-electron chi connectivity index (χ1n) is 9.96. The quantitative estimate of drug-likeness (QED) is 0.385. The summed E-state index contributed by atoms with van der Waals surface area (Å²) < 4.78 is 80.2. The van der Waals surface area contributed by atoms with Gasteiger partial charge in [-0.25, -0.2) is 21.5 Å². The van der Waals surface area contributed by atoms with Crippen LogP contribution >= 0.6 is 0 Å². The predicted octanol–water partition coefficient (Wildman–Crippen LogP) is 1.77. The second-order valence-corrected chi connectivity index (χ2v) is 12.2. The number of hydrogen-bond donors (Lipinski definition) is 3. The minimum atomic E-state index is -3.73. The summed E-state index contributed by atoms with van der Waals surface area (Å²) in [6.07, 6.45) is -0.283. The second-order valence-electron chi connectivity index (χ2n) is 8.43. The Hall–Kier alpha value is -2.81. The Kier molecular flexibility index (Phi) is 6.04. The first-order valence-corrected chi connectivity index (χ1v) is 13.7. The summed E-state index contributed by atoms with van der Waals surface area (Å²) in [6, 6.07) is 10.4. The maximum absolute atomic E-state index is 12.6. The molecule has 0 bridgehead atoms. The van der Waals surface area contributed by atoms with E-state index in [1.54, 1.807) is 25.1 Å². The number of alkyl halides is 2. The van der Waals surface area contributed by atoms with Crippen molar-refractivity contribution in [1.82, 2.24) is 15.1 Å². The van der Waals surface area contributed by atoms with Crippen LogP contribution in [0.4, 0.5) is 14.6 Å². The molecule has 1 unspecified atom stereocenters. The van der Waals surface area contributed by atoms with Crippen molar-refractivity contribution < 1.29 is 35.5 Å². The van der Waals surface area contributed by atoms with E-state index in [0.29, 0.717) is 22.2 Å². The van der Waals surface area contributed by atoms with E-state index in [2.05, 4.69) is 19.9 Å². The lowest BCUT2D eigenvalue weighted by Gasteiger charge is -2.40. The lowest BCUT2D eigenvalue weighted by Crippen LogP contribution is -2.62. The molecule has 3 aromatic rings. The fraction of sp³-hybridized carbons (Fsp3) is 0.350. The maximum atomic E-state index is 12.6. The lowest BCUT2D eigenvalue weighted by molar-refractivity contribution is -0.0498. The first-order chi connectivity index (χ1) is 15.7. The molecule has 0 aliphatic carbocycles. The number of fused-ring (bicyclic) bond motifs is 1. The van der Waals surface area contributed by atoms with E-state index in [1.807, 2.05) is 0 Å². The summed E-state index contributed by atoms with van der Waals surface area (Å²) in [7, 11) is -6.86. The largest absolute Gasteiger partial charge is 0.435 e. The van der Waals surface area contributed by atoms with E-state index < -0.39 is 38.2 Å². The van der Waals surface area contributed by atoms with Gasteiger partial charge in [0.15, 0.2) is 15.7 Å². The number of benzene rings is 2. The van der Waals surface area contributed by atoms with Crippen LogP contribution in [0, 0.1) is 0 Å². The number of aromatic nitrogens is 2. The molecule has 1 aromatic heterocycles. The van der Waals surface area contributed by atoms with Gasteiger partial charge in [-0.1, -0.05) is 12.1 Å². The van der Waals surface area contributed by atoms with Crippen LogP contribution in [0.25, 0.3) is 16.6 Å². The number of hydrogen-bond acceptors (Lipinski definition) is 8. The number of ether oxygens (including phenoxy) is 1. The monoisotopic (exact) mass is 516 g/mol. The van der Waals surface area contributed by atoms with Gasteiger partial charge in [0, 0.05) is 17.0 Å². The summed E-state index contributed by atoms with van der Waals surface area (Å²) in [6.45, 7) is -1.34. The van der Waals surface area contributed by atoms with Crippen molar-refractivity contribution in [3.8, 4) is 11.4 Å². The molecule has 4 rings (SSSR count). The zero-order valence-electron chi connectivity index (χ0n) is 18.1. The van der Waals surface area contributed by atoms with Crippen molar-refractivity contribution >= 4 is 36.6 Å². The molecule has 2 aromatic carbocycles. The van der Waals surface area contributed by atoms with Crippen molar-refractivity contribution in [2.24, 2.45) is 0 Å². The number of aliphatic hydroxyl groups excluding tert-OH is 1. The van der Waals surface area contributed by atoms with Gasteiger partial charge in [0.1, 0.15) is 12.0 Å². The smallest absolute Gasteiger partial charge is 0.387 e. The van der Waals surface area contributed by atoms with Crippen LogP contribution in [0.3, 0.4) is 0 Å². The molecule has 3 N–H and O–H groups in total. The Balaban J connectivity index is 1.74. The molecule has 184 valence electrons. The summed E-state index contributed by atoms with van der Waals surface area (Å²) in [4.78, 5) is 0. The van der Waals surface area contributed by atoms with Crippen LogP contribution < -0.4 is 14.8 Å². The Labute approximate surface area is 194 Å². The van der Waals surface area contributed by atoms with Gasteiger partial charge in [-0.3, -0.25) is 10.0 Å². The Bertz CT molecular complexity index is 1440. The van der Waals surface area contributed by atoms with E-state index in [-0.39, 0.29) is 23.1 Å². The third kappa shape index (κ3) is 5.29. The predicted molar refractivity (Wildman–Crippen MR) is 121 cm³/mol. The van der Waals surface area contributed by atoms with Crippen molar-refractivity contribution in [2.45, 2.75) is 25.3 Å². The fourth-order valence-corrected chi connectivity index (χ4v) is 6.50.